The lowest BCUT2D eigenvalue weighted by Gasteiger charge is -2.40. The molecule has 5 rings (SSSR count). The van der Waals surface area contributed by atoms with Gasteiger partial charge in [-0.1, -0.05) is 36.4 Å². The van der Waals surface area contributed by atoms with Crippen molar-refractivity contribution in [1.82, 2.24) is 4.90 Å². The number of anilines is 1. The van der Waals surface area contributed by atoms with E-state index in [0.717, 1.165) is 11.1 Å². The molecule has 0 spiro atoms. The van der Waals surface area contributed by atoms with E-state index in [-0.39, 0.29) is 24.0 Å². The van der Waals surface area contributed by atoms with Crippen LogP contribution < -0.4 is 14.4 Å². The topological polar surface area (TPSA) is 79.3 Å². The van der Waals surface area contributed by atoms with Gasteiger partial charge in [0.05, 0.1) is 38.4 Å². The second-order valence-electron chi connectivity index (χ2n) is 8.48. The third-order valence-electron chi connectivity index (χ3n) is 6.68. The number of phenols is 1. The van der Waals surface area contributed by atoms with Gasteiger partial charge < -0.3 is 14.6 Å². The average Bonchev–Trinajstić information content (AvgIpc) is 3.16. The fraction of sp³-hybridized carbons (Fsp3) is 0.259. The molecule has 0 radical (unpaired) electrons. The van der Waals surface area contributed by atoms with Crippen molar-refractivity contribution in [2.45, 2.75) is 24.9 Å². The molecule has 2 atom stereocenters. The summed E-state index contributed by atoms with van der Waals surface area (Å²) in [5.41, 5.74) is 3.22. The van der Waals surface area contributed by atoms with Crippen LogP contribution in [0, 0.1) is 0 Å². The van der Waals surface area contributed by atoms with Gasteiger partial charge in [0, 0.05) is 12.1 Å². The summed E-state index contributed by atoms with van der Waals surface area (Å²) in [5, 5.41) is 10.8. The summed E-state index contributed by atoms with van der Waals surface area (Å²) >= 11 is 0. The van der Waals surface area contributed by atoms with Crippen molar-refractivity contribution in [2.75, 3.05) is 25.7 Å². The molecule has 1 saturated heterocycles. The van der Waals surface area contributed by atoms with Gasteiger partial charge in [0.1, 0.15) is 5.75 Å². The van der Waals surface area contributed by atoms with E-state index in [0.29, 0.717) is 35.7 Å². The number of fused-ring (bicyclic) bond motifs is 1. The van der Waals surface area contributed by atoms with Crippen LogP contribution in [-0.4, -0.2) is 48.6 Å². The van der Waals surface area contributed by atoms with Gasteiger partial charge in [-0.05, 0) is 47.9 Å². The minimum atomic E-state index is -0.640. The van der Waals surface area contributed by atoms with Crippen molar-refractivity contribution in [3.8, 4) is 17.2 Å². The highest BCUT2D eigenvalue weighted by Gasteiger charge is 2.47. The van der Waals surface area contributed by atoms with E-state index in [9.17, 15) is 14.7 Å². The molecule has 2 heterocycles. The highest BCUT2D eigenvalue weighted by atomic mass is 16.5. The number of hydrogen-bond acceptors (Lipinski definition) is 6. The average molecular weight is 459 g/mol. The first-order valence-electron chi connectivity index (χ1n) is 11.2. The summed E-state index contributed by atoms with van der Waals surface area (Å²) in [6, 6.07) is 18.9. The third-order valence-corrected chi connectivity index (χ3v) is 6.68. The monoisotopic (exact) mass is 458 g/mol. The fourth-order valence-electron chi connectivity index (χ4n) is 5.09. The molecule has 34 heavy (non-hydrogen) atoms. The Hall–Kier alpha value is -3.84. The molecular formula is C27H26N2O5. The molecule has 7 nitrogen and oxygen atoms in total. The van der Waals surface area contributed by atoms with E-state index in [1.165, 1.54) is 4.90 Å². The quantitative estimate of drug-likeness (QED) is 0.588. The van der Waals surface area contributed by atoms with Crippen molar-refractivity contribution >= 4 is 17.5 Å². The number of nitrogens with zero attached hydrogens (tertiary/aromatic N) is 2. The molecule has 0 bridgehead atoms. The minimum absolute atomic E-state index is 0.0838. The smallest absolute Gasteiger partial charge is 0.251 e. The zero-order valence-electron chi connectivity index (χ0n) is 19.1. The third kappa shape index (κ3) is 3.58. The minimum Gasteiger partial charge on any atom is -0.508 e. The van der Waals surface area contributed by atoms with E-state index < -0.39 is 12.1 Å². The predicted molar refractivity (Wildman–Crippen MR) is 127 cm³/mol. The molecule has 2 amide bonds. The molecule has 7 heteroatoms. The molecule has 2 aliphatic rings. The number of imide groups is 1. The summed E-state index contributed by atoms with van der Waals surface area (Å²) < 4.78 is 11.0. The van der Waals surface area contributed by atoms with Crippen LogP contribution in [-0.2, 0) is 16.0 Å². The highest BCUT2D eigenvalue weighted by molar-refractivity contribution is 6.22. The lowest BCUT2D eigenvalue weighted by atomic mass is 9.86. The largest absolute Gasteiger partial charge is 0.508 e. The normalized spacial score (nSPS) is 20.4. The standard InChI is InChI=1S/C27H26N2O5/c1-33-23-14-17-12-13-28(21-16-25(31)29(27(21)32)18-8-4-3-5-9-18)26(20(17)15-24(23)34-2)19-10-6-7-11-22(19)30/h3-11,14-15,21,26,30H,12-13,16H2,1-2H3/t21-,26+/m1/s1. The number of benzene rings is 3. The number of aromatic hydroxyl groups is 1. The summed E-state index contributed by atoms with van der Waals surface area (Å²) in [5.74, 6) is 0.865. The van der Waals surface area contributed by atoms with E-state index in [4.69, 9.17) is 9.47 Å². The fourth-order valence-corrected chi connectivity index (χ4v) is 5.09. The van der Waals surface area contributed by atoms with Gasteiger partial charge in [0.25, 0.3) is 5.91 Å². The summed E-state index contributed by atoms with van der Waals surface area (Å²) in [7, 11) is 3.18. The van der Waals surface area contributed by atoms with Crippen LogP contribution in [0.25, 0.3) is 0 Å². The van der Waals surface area contributed by atoms with E-state index in [1.54, 1.807) is 38.5 Å². The van der Waals surface area contributed by atoms with Gasteiger partial charge in [-0.3, -0.25) is 14.5 Å². The van der Waals surface area contributed by atoms with Crippen LogP contribution in [0.2, 0.25) is 0 Å². The van der Waals surface area contributed by atoms with E-state index in [1.807, 2.05) is 47.4 Å². The molecule has 3 aromatic rings. The van der Waals surface area contributed by atoms with E-state index in [2.05, 4.69) is 0 Å². The Morgan fingerprint density at radius 2 is 1.56 bits per heavy atom. The first-order chi connectivity index (χ1) is 16.5. The van der Waals surface area contributed by atoms with Crippen LogP contribution in [0.5, 0.6) is 17.2 Å². The van der Waals surface area contributed by atoms with Gasteiger partial charge in [-0.2, -0.15) is 0 Å². The number of phenolic OH excluding ortho intramolecular Hbond substituents is 1. The lowest BCUT2D eigenvalue weighted by molar-refractivity contribution is -0.123. The summed E-state index contributed by atoms with van der Waals surface area (Å²) in [4.78, 5) is 29.8. The molecule has 3 aromatic carbocycles. The molecule has 0 aliphatic carbocycles. The maximum atomic E-state index is 13.6. The molecule has 174 valence electrons. The van der Waals surface area contributed by atoms with Crippen LogP contribution in [0.15, 0.2) is 66.7 Å². The van der Waals surface area contributed by atoms with Crippen molar-refractivity contribution in [3.05, 3.63) is 83.4 Å². The number of carbonyl (C=O) groups excluding carboxylic acids is 2. The van der Waals surface area contributed by atoms with Crippen molar-refractivity contribution < 1.29 is 24.2 Å². The SMILES string of the molecule is COc1cc2c(cc1OC)[C@H](c1ccccc1O)N([C@@H]1CC(=O)N(c3ccccc3)C1=O)CC2. The van der Waals surface area contributed by atoms with Crippen molar-refractivity contribution in [1.29, 1.82) is 0 Å². The van der Waals surface area contributed by atoms with Gasteiger partial charge in [0.2, 0.25) is 5.91 Å². The first kappa shape index (κ1) is 22.0. The molecule has 0 unspecified atom stereocenters. The number of ether oxygens (including phenoxy) is 2. The Labute approximate surface area is 198 Å². The van der Waals surface area contributed by atoms with Gasteiger partial charge >= 0.3 is 0 Å². The molecule has 0 saturated carbocycles. The number of methoxy groups -OCH3 is 2. The van der Waals surface area contributed by atoms with Crippen LogP contribution in [0.3, 0.4) is 0 Å². The summed E-state index contributed by atoms with van der Waals surface area (Å²) in [6.07, 6.45) is 0.754. The Morgan fingerprint density at radius 3 is 2.26 bits per heavy atom. The lowest BCUT2D eigenvalue weighted by Crippen LogP contribution is -2.47. The zero-order chi connectivity index (χ0) is 23.8. The molecule has 1 fully saturated rings. The Morgan fingerprint density at radius 1 is 0.882 bits per heavy atom. The maximum Gasteiger partial charge on any atom is 0.251 e. The first-order valence-corrected chi connectivity index (χ1v) is 11.2. The molecule has 2 aliphatic heterocycles. The number of hydrogen-bond donors (Lipinski definition) is 1. The second-order valence-corrected chi connectivity index (χ2v) is 8.48. The number of para-hydroxylation sites is 2. The zero-order valence-corrected chi connectivity index (χ0v) is 19.1. The molecule has 1 N–H and O–H groups in total. The van der Waals surface area contributed by atoms with Gasteiger partial charge in [-0.15, -0.1) is 0 Å². The van der Waals surface area contributed by atoms with Gasteiger partial charge in [-0.25, -0.2) is 4.90 Å². The highest BCUT2D eigenvalue weighted by Crippen LogP contribution is 2.45. The van der Waals surface area contributed by atoms with E-state index >= 15 is 0 Å². The number of amides is 2. The molecule has 0 aromatic heterocycles. The van der Waals surface area contributed by atoms with Crippen LogP contribution in [0.1, 0.15) is 29.2 Å². The van der Waals surface area contributed by atoms with Crippen LogP contribution >= 0.6 is 0 Å². The maximum absolute atomic E-state index is 13.6. The van der Waals surface area contributed by atoms with Crippen molar-refractivity contribution in [3.63, 3.8) is 0 Å². The van der Waals surface area contributed by atoms with Crippen molar-refractivity contribution in [2.24, 2.45) is 0 Å². The number of rotatable bonds is 5. The molecular weight excluding hydrogens is 432 g/mol. The Bertz CT molecular complexity index is 1240. The predicted octanol–water partition coefficient (Wildman–Crippen LogP) is 3.69. The second kappa shape index (κ2) is 8.83. The van der Waals surface area contributed by atoms with Gasteiger partial charge in [0.15, 0.2) is 11.5 Å². The Kier molecular flexibility index (Phi) is 5.71. The van der Waals surface area contributed by atoms with Crippen LogP contribution in [0.4, 0.5) is 5.69 Å². The number of carbonyl (C=O) groups is 2. The summed E-state index contributed by atoms with van der Waals surface area (Å²) in [6.45, 7) is 0.549. The Balaban J connectivity index is 1.61.